The number of hydrogen-bond donors (Lipinski definition) is 2. The number of carbonyl (C=O) groups excluding carboxylic acids is 1. The molecule has 0 bridgehead atoms. The van der Waals surface area contributed by atoms with Crippen molar-refractivity contribution in [3.05, 3.63) is 0 Å². The van der Waals surface area contributed by atoms with E-state index in [0.717, 1.165) is 12.8 Å². The van der Waals surface area contributed by atoms with Gasteiger partial charge in [-0.15, -0.1) is 0 Å². The van der Waals surface area contributed by atoms with E-state index >= 15 is 0 Å². The largest absolute Gasteiger partial charge is 0.390 e. The molecule has 4 heteroatoms. The number of Topliss-reactive ketones (excluding diaryl/α,β-unsaturated/α-hetero) is 1. The minimum atomic E-state index is -0.0297. The molecule has 0 spiro atoms. The van der Waals surface area contributed by atoms with Gasteiger partial charge in [-0.25, -0.2) is 0 Å². The summed E-state index contributed by atoms with van der Waals surface area (Å²) >= 11 is 0. The summed E-state index contributed by atoms with van der Waals surface area (Å²) < 4.78 is 0. The highest BCUT2D eigenvalue weighted by Gasteiger charge is 2.09. The van der Waals surface area contributed by atoms with Crippen LogP contribution in [0.3, 0.4) is 0 Å². The van der Waals surface area contributed by atoms with Crippen molar-refractivity contribution >= 4 is 12.1 Å². The minimum absolute atomic E-state index is 0.0297. The molecule has 0 aromatic carbocycles. The molecule has 0 unspecified atom stereocenters. The number of nitrogens with two attached hydrogens (primary N) is 1. The van der Waals surface area contributed by atoms with Gasteiger partial charge in [0.25, 0.3) is 0 Å². The van der Waals surface area contributed by atoms with E-state index in [-0.39, 0.29) is 11.8 Å². The predicted molar refractivity (Wildman–Crippen MR) is 50.3 cm³/mol. The fourth-order valence-electron chi connectivity index (χ4n) is 1.01. The third-order valence-corrected chi connectivity index (χ3v) is 1.72. The zero-order chi connectivity index (χ0) is 9.40. The Hall–Kier alpha value is -0.900. The van der Waals surface area contributed by atoms with Crippen molar-refractivity contribution in [2.75, 3.05) is 13.6 Å². The molecule has 3 N–H and O–H groups in total. The first-order valence-corrected chi connectivity index (χ1v) is 4.10. The van der Waals surface area contributed by atoms with Gasteiger partial charge in [0.05, 0.1) is 12.4 Å². The van der Waals surface area contributed by atoms with Gasteiger partial charge < -0.3 is 11.1 Å². The maximum atomic E-state index is 10.9. The van der Waals surface area contributed by atoms with E-state index in [2.05, 4.69) is 10.3 Å². The molecule has 0 rings (SSSR count). The van der Waals surface area contributed by atoms with E-state index in [0.29, 0.717) is 6.54 Å². The molecular formula is C8H17N3O. The first-order valence-electron chi connectivity index (χ1n) is 4.10. The Morgan fingerprint density at radius 3 is 2.83 bits per heavy atom. The molecule has 0 aliphatic carbocycles. The van der Waals surface area contributed by atoms with Gasteiger partial charge in [-0.2, -0.15) is 0 Å². The summed E-state index contributed by atoms with van der Waals surface area (Å²) in [6.07, 6.45) is 3.00. The van der Waals surface area contributed by atoms with Crippen molar-refractivity contribution in [1.82, 2.24) is 5.32 Å². The van der Waals surface area contributed by atoms with Gasteiger partial charge in [-0.05, 0) is 26.8 Å². The van der Waals surface area contributed by atoms with Gasteiger partial charge in [0, 0.05) is 6.54 Å². The van der Waals surface area contributed by atoms with Gasteiger partial charge >= 0.3 is 0 Å². The van der Waals surface area contributed by atoms with E-state index in [1.807, 2.05) is 0 Å². The molecular weight excluding hydrogens is 154 g/mol. The number of nitrogens with one attached hydrogen (secondary N) is 1. The van der Waals surface area contributed by atoms with Crippen LogP contribution in [0.2, 0.25) is 0 Å². The smallest absolute Gasteiger partial charge is 0.146 e. The molecule has 1 atom stereocenters. The molecule has 0 amide bonds. The second-order valence-corrected chi connectivity index (χ2v) is 2.65. The number of likely N-dealkylation sites (N-methyl/N-ethyl adjacent to an activating group) is 1. The number of hydrogen-bond acceptors (Lipinski definition) is 3. The standard InChI is InChI=1S/C8H17N3O/c1-7(12)8(10-2)4-3-5-11-6-9/h6,8,10H,3-5H2,1-2H3,(H2,9,11)/t8-/m0/s1. The topological polar surface area (TPSA) is 67.5 Å². The Morgan fingerprint density at radius 1 is 1.75 bits per heavy atom. The molecule has 0 radical (unpaired) electrons. The quantitative estimate of drug-likeness (QED) is 0.334. The zero-order valence-corrected chi connectivity index (χ0v) is 7.71. The highest BCUT2D eigenvalue weighted by Crippen LogP contribution is 1.97. The maximum absolute atomic E-state index is 10.9. The van der Waals surface area contributed by atoms with Gasteiger partial charge in [-0.3, -0.25) is 9.79 Å². The van der Waals surface area contributed by atoms with Gasteiger partial charge in [0.2, 0.25) is 0 Å². The summed E-state index contributed by atoms with van der Waals surface area (Å²) in [6.45, 7) is 2.29. The third kappa shape index (κ3) is 4.85. The van der Waals surface area contributed by atoms with Crippen LogP contribution in [0.4, 0.5) is 0 Å². The van der Waals surface area contributed by atoms with Crippen LogP contribution in [0.15, 0.2) is 4.99 Å². The Morgan fingerprint density at radius 2 is 2.42 bits per heavy atom. The second kappa shape index (κ2) is 6.79. The normalized spacial score (nSPS) is 13.5. The predicted octanol–water partition coefficient (Wildman–Crippen LogP) is -0.0694. The van der Waals surface area contributed by atoms with Crippen LogP contribution in [0, 0.1) is 0 Å². The van der Waals surface area contributed by atoms with Crippen molar-refractivity contribution in [3.8, 4) is 0 Å². The highest BCUT2D eigenvalue weighted by atomic mass is 16.1. The monoisotopic (exact) mass is 171 g/mol. The lowest BCUT2D eigenvalue weighted by molar-refractivity contribution is -0.119. The molecule has 4 nitrogen and oxygen atoms in total. The van der Waals surface area contributed by atoms with Crippen molar-refractivity contribution < 1.29 is 4.79 Å². The molecule has 70 valence electrons. The van der Waals surface area contributed by atoms with Crippen molar-refractivity contribution in [3.63, 3.8) is 0 Å². The summed E-state index contributed by atoms with van der Waals surface area (Å²) in [7, 11) is 1.79. The fraction of sp³-hybridized carbons (Fsp3) is 0.750. The summed E-state index contributed by atoms with van der Waals surface area (Å²) in [5, 5.41) is 2.95. The van der Waals surface area contributed by atoms with Crippen LogP contribution in [0.25, 0.3) is 0 Å². The average molecular weight is 171 g/mol. The molecule has 0 aliphatic rings. The van der Waals surface area contributed by atoms with Crippen LogP contribution >= 0.6 is 0 Å². The van der Waals surface area contributed by atoms with E-state index in [4.69, 9.17) is 5.73 Å². The molecule has 0 aromatic heterocycles. The van der Waals surface area contributed by atoms with Crippen LogP contribution in [-0.4, -0.2) is 31.8 Å². The minimum Gasteiger partial charge on any atom is -0.390 e. The van der Waals surface area contributed by atoms with Crippen LogP contribution < -0.4 is 11.1 Å². The lowest BCUT2D eigenvalue weighted by atomic mass is 10.1. The Bertz CT molecular complexity index is 156. The Labute approximate surface area is 73.2 Å². The van der Waals surface area contributed by atoms with Crippen LogP contribution in [-0.2, 0) is 4.79 Å². The summed E-state index contributed by atoms with van der Waals surface area (Å²) in [5.41, 5.74) is 5.06. The lowest BCUT2D eigenvalue weighted by Gasteiger charge is -2.10. The molecule has 0 saturated heterocycles. The number of rotatable bonds is 6. The Kier molecular flexibility index (Phi) is 6.28. The number of ketones is 1. The van der Waals surface area contributed by atoms with E-state index < -0.39 is 0 Å². The Balaban J connectivity index is 3.51. The number of aliphatic imine (C=N–C) groups is 1. The van der Waals surface area contributed by atoms with E-state index in [1.54, 1.807) is 14.0 Å². The van der Waals surface area contributed by atoms with Crippen LogP contribution in [0.1, 0.15) is 19.8 Å². The number of carbonyl (C=O) groups is 1. The molecule has 0 heterocycles. The first kappa shape index (κ1) is 11.1. The molecule has 0 saturated carbocycles. The lowest BCUT2D eigenvalue weighted by Crippen LogP contribution is -2.32. The van der Waals surface area contributed by atoms with Gasteiger partial charge in [0.1, 0.15) is 5.78 Å². The summed E-state index contributed by atoms with van der Waals surface area (Å²) in [6, 6.07) is -0.0297. The van der Waals surface area contributed by atoms with Gasteiger partial charge in [0.15, 0.2) is 0 Å². The summed E-state index contributed by atoms with van der Waals surface area (Å²) in [5.74, 6) is 0.175. The van der Waals surface area contributed by atoms with Crippen LogP contribution in [0.5, 0.6) is 0 Å². The molecule has 0 fully saturated rings. The van der Waals surface area contributed by atoms with E-state index in [1.165, 1.54) is 6.34 Å². The maximum Gasteiger partial charge on any atom is 0.146 e. The van der Waals surface area contributed by atoms with E-state index in [9.17, 15) is 4.79 Å². The van der Waals surface area contributed by atoms with Crippen molar-refractivity contribution in [2.45, 2.75) is 25.8 Å². The summed E-state index contributed by atoms with van der Waals surface area (Å²) in [4.78, 5) is 14.8. The molecule has 0 aliphatic heterocycles. The zero-order valence-electron chi connectivity index (χ0n) is 7.71. The molecule has 0 aromatic rings. The number of nitrogens with zero attached hydrogens (tertiary/aromatic N) is 1. The highest BCUT2D eigenvalue weighted by molar-refractivity contribution is 5.81. The van der Waals surface area contributed by atoms with Crippen molar-refractivity contribution in [2.24, 2.45) is 10.7 Å². The third-order valence-electron chi connectivity index (χ3n) is 1.72. The van der Waals surface area contributed by atoms with Gasteiger partial charge in [-0.1, -0.05) is 0 Å². The molecule has 12 heavy (non-hydrogen) atoms. The second-order valence-electron chi connectivity index (χ2n) is 2.65. The average Bonchev–Trinajstić information content (AvgIpc) is 2.04. The SMILES string of the molecule is CN[C@@H](CCCN=CN)C(C)=O. The van der Waals surface area contributed by atoms with Crippen molar-refractivity contribution in [1.29, 1.82) is 0 Å². The fourth-order valence-corrected chi connectivity index (χ4v) is 1.01. The first-order chi connectivity index (χ1) is 5.72.